The number of aromatic nitrogens is 2. The van der Waals surface area contributed by atoms with E-state index in [2.05, 4.69) is 75.6 Å². The third-order valence-electron chi connectivity index (χ3n) is 9.68. The summed E-state index contributed by atoms with van der Waals surface area (Å²) in [4.78, 5) is 25.6. The lowest BCUT2D eigenvalue weighted by Crippen LogP contribution is -2.46. The van der Waals surface area contributed by atoms with Crippen molar-refractivity contribution in [2.75, 3.05) is 19.6 Å². The number of carbonyl (C=O) groups excluding carboxylic acids is 1. The normalized spacial score (nSPS) is 22.5. The quantitative estimate of drug-likeness (QED) is 0.184. The van der Waals surface area contributed by atoms with E-state index in [1.165, 1.54) is 11.3 Å². The van der Waals surface area contributed by atoms with Crippen LogP contribution in [0, 0.1) is 6.92 Å². The second-order valence-corrected chi connectivity index (χ2v) is 16.0. The lowest BCUT2D eigenvalue weighted by atomic mass is 9.70. The zero-order chi connectivity index (χ0) is 35.9. The van der Waals surface area contributed by atoms with Gasteiger partial charge in [-0.1, -0.05) is 48.6 Å². The molecule has 2 aliphatic rings. The van der Waals surface area contributed by atoms with Crippen LogP contribution >= 0.6 is 15.9 Å². The number of piperidine rings is 1. The monoisotopic (exact) mass is 762 g/mol. The van der Waals surface area contributed by atoms with Gasteiger partial charge in [0, 0.05) is 73.0 Å². The molecule has 1 saturated heterocycles. The van der Waals surface area contributed by atoms with Crippen molar-refractivity contribution in [2.45, 2.75) is 96.2 Å². The molecule has 3 atom stereocenters. The predicted octanol–water partition coefficient (Wildman–Crippen LogP) is 7.65. The number of likely N-dealkylation sites (tertiary alicyclic amines) is 1. The van der Waals surface area contributed by atoms with E-state index in [1.807, 2.05) is 50.0 Å². The van der Waals surface area contributed by atoms with Crippen LogP contribution in [0.1, 0.15) is 99.7 Å². The molecule has 11 heteroatoms. The average molecular weight is 764 g/mol. The third-order valence-corrected chi connectivity index (χ3v) is 11.3. The summed E-state index contributed by atoms with van der Waals surface area (Å²) in [6.45, 7) is 11.9. The maximum absolute atomic E-state index is 13.7. The van der Waals surface area contributed by atoms with Crippen molar-refractivity contribution in [3.63, 3.8) is 0 Å². The highest BCUT2D eigenvalue weighted by Crippen LogP contribution is 2.40. The fourth-order valence-electron chi connectivity index (χ4n) is 7.26. The first-order chi connectivity index (χ1) is 23.9. The van der Waals surface area contributed by atoms with Gasteiger partial charge >= 0.3 is 0 Å². The number of allylic oxidation sites excluding steroid dienone is 3. The highest BCUT2D eigenvalue weighted by atomic mass is 79.9. The summed E-state index contributed by atoms with van der Waals surface area (Å²) in [6, 6.07) is 16.1. The van der Waals surface area contributed by atoms with Crippen LogP contribution in [0.5, 0.6) is 5.75 Å². The molecule has 3 aromatic rings. The number of halogens is 1. The number of rotatable bonds is 12. The average Bonchev–Trinajstić information content (AvgIpc) is 3.45. The van der Waals surface area contributed by atoms with Gasteiger partial charge in [-0.3, -0.25) is 9.79 Å². The SMILES string of the molecule is C/C=C\C=C/c1cn(C2CC(=NCCC3(c4ccccc4)CCN(C(=O)c4ccc(Br)c(OS(=O)NC(C)C)c4)CC3)CC(C)(N)C2)c(C)n1. The Morgan fingerprint density at radius 1 is 1.20 bits per heavy atom. The number of aliphatic imine (C=N–C) groups is 1. The highest BCUT2D eigenvalue weighted by molar-refractivity contribution is 9.10. The fraction of sp³-hybridized carbons (Fsp3) is 0.462. The van der Waals surface area contributed by atoms with E-state index in [1.54, 1.807) is 18.2 Å². The summed E-state index contributed by atoms with van der Waals surface area (Å²) in [5.74, 6) is 1.29. The molecular formula is C39H51BrN6O3S. The van der Waals surface area contributed by atoms with Crippen molar-refractivity contribution < 1.29 is 13.2 Å². The number of nitrogens with one attached hydrogen (secondary N) is 1. The molecule has 0 bridgehead atoms. The first-order valence-electron chi connectivity index (χ1n) is 17.5. The Hall–Kier alpha value is -3.38. The molecule has 1 saturated carbocycles. The van der Waals surface area contributed by atoms with Crippen LogP contribution in [-0.4, -0.2) is 61.5 Å². The van der Waals surface area contributed by atoms with Gasteiger partial charge in [0.15, 0.2) is 5.75 Å². The van der Waals surface area contributed by atoms with Crippen LogP contribution in [0.3, 0.4) is 0 Å². The van der Waals surface area contributed by atoms with Crippen LogP contribution in [0.2, 0.25) is 0 Å². The molecule has 1 amide bonds. The Labute approximate surface area is 308 Å². The zero-order valence-corrected chi connectivity index (χ0v) is 32.3. The minimum absolute atomic E-state index is 0.0133. The Morgan fingerprint density at radius 3 is 2.64 bits per heavy atom. The van der Waals surface area contributed by atoms with Crippen molar-refractivity contribution >= 4 is 44.9 Å². The highest BCUT2D eigenvalue weighted by Gasteiger charge is 2.38. The molecule has 1 aromatic heterocycles. The largest absolute Gasteiger partial charge is 0.388 e. The standard InChI is InChI=1S/C39H51BrN6O3S/c1-6-7-9-14-32-27-46(29(4)43-32)34-24-33(25-38(5,41)26-34)42-20-17-39(31-12-10-8-11-13-31)18-21-45(22-19-39)37(47)30-15-16-35(40)36(23-30)49-50(48)44-28(2)3/h6-16,23,27-28,34,44H,17-22,24-26,41H2,1-5H3/b7-6-,14-9-,42-33?. The summed E-state index contributed by atoms with van der Waals surface area (Å²) in [7, 11) is 0. The molecule has 3 unspecified atom stereocenters. The van der Waals surface area contributed by atoms with Crippen LogP contribution in [0.25, 0.3) is 6.08 Å². The lowest BCUT2D eigenvalue weighted by Gasteiger charge is -2.42. The van der Waals surface area contributed by atoms with Gasteiger partial charge in [-0.05, 0) is 106 Å². The van der Waals surface area contributed by atoms with E-state index >= 15 is 0 Å². The number of nitrogens with zero attached hydrogens (tertiary/aromatic N) is 4. The van der Waals surface area contributed by atoms with Crippen LogP contribution in [-0.2, 0) is 16.7 Å². The predicted molar refractivity (Wildman–Crippen MR) is 208 cm³/mol. The van der Waals surface area contributed by atoms with Gasteiger partial charge in [0.05, 0.1) is 10.2 Å². The lowest BCUT2D eigenvalue weighted by molar-refractivity contribution is 0.0660. The number of aryl methyl sites for hydroxylation is 1. The number of imidazole rings is 1. The number of amides is 1. The van der Waals surface area contributed by atoms with Crippen molar-refractivity contribution in [3.05, 3.63) is 100 Å². The zero-order valence-electron chi connectivity index (χ0n) is 29.9. The smallest absolute Gasteiger partial charge is 0.288 e. The van der Waals surface area contributed by atoms with Gasteiger partial charge < -0.3 is 19.4 Å². The number of hydrogen-bond donors (Lipinski definition) is 2. The molecule has 268 valence electrons. The Bertz CT molecular complexity index is 1740. The number of nitrogens with two attached hydrogens (primary N) is 1. The minimum Gasteiger partial charge on any atom is -0.388 e. The maximum atomic E-state index is 13.7. The van der Waals surface area contributed by atoms with E-state index in [9.17, 15) is 9.00 Å². The summed E-state index contributed by atoms with van der Waals surface area (Å²) >= 11 is 1.74. The van der Waals surface area contributed by atoms with Crippen molar-refractivity contribution in [2.24, 2.45) is 10.7 Å². The number of benzene rings is 2. The summed E-state index contributed by atoms with van der Waals surface area (Å²) in [5.41, 5.74) is 10.3. The van der Waals surface area contributed by atoms with Crippen molar-refractivity contribution in [1.82, 2.24) is 19.2 Å². The Kier molecular flexibility index (Phi) is 12.7. The Balaban J connectivity index is 1.28. The molecule has 1 aliphatic carbocycles. The van der Waals surface area contributed by atoms with Crippen molar-refractivity contribution in [3.8, 4) is 5.75 Å². The first-order valence-corrected chi connectivity index (χ1v) is 19.4. The third kappa shape index (κ3) is 9.69. The molecule has 2 aromatic carbocycles. The second kappa shape index (κ2) is 16.8. The Morgan fingerprint density at radius 2 is 1.94 bits per heavy atom. The molecule has 2 heterocycles. The van der Waals surface area contributed by atoms with Crippen LogP contribution < -0.4 is 14.6 Å². The number of carbonyl (C=O) groups is 1. The molecule has 0 radical (unpaired) electrons. The fourth-order valence-corrected chi connectivity index (χ4v) is 8.42. The number of hydrogen-bond acceptors (Lipinski definition) is 6. The topological polar surface area (TPSA) is 115 Å². The molecule has 9 nitrogen and oxygen atoms in total. The summed E-state index contributed by atoms with van der Waals surface area (Å²) in [6.07, 6.45) is 15.3. The van der Waals surface area contributed by atoms with E-state index in [0.717, 1.165) is 50.0 Å². The molecule has 2 fully saturated rings. The maximum Gasteiger partial charge on any atom is 0.288 e. The van der Waals surface area contributed by atoms with E-state index in [4.69, 9.17) is 19.9 Å². The molecule has 0 spiro atoms. The van der Waals surface area contributed by atoms with Crippen LogP contribution in [0.4, 0.5) is 0 Å². The molecule has 3 N–H and O–H groups in total. The molecule has 1 aliphatic heterocycles. The summed E-state index contributed by atoms with van der Waals surface area (Å²) in [5, 5.41) is 0. The van der Waals surface area contributed by atoms with Gasteiger partial charge in [-0.25, -0.2) is 9.71 Å². The van der Waals surface area contributed by atoms with Gasteiger partial charge in [0.25, 0.3) is 17.2 Å². The van der Waals surface area contributed by atoms with Crippen molar-refractivity contribution in [1.29, 1.82) is 0 Å². The molecular weight excluding hydrogens is 712 g/mol. The van der Waals surface area contributed by atoms with E-state index < -0.39 is 11.3 Å². The van der Waals surface area contributed by atoms with Crippen LogP contribution in [0.15, 0.2) is 82.4 Å². The first kappa shape index (κ1) is 37.9. The van der Waals surface area contributed by atoms with E-state index in [0.29, 0.717) is 35.4 Å². The van der Waals surface area contributed by atoms with Gasteiger partial charge in [-0.2, -0.15) is 4.21 Å². The van der Waals surface area contributed by atoms with E-state index in [-0.39, 0.29) is 28.9 Å². The van der Waals surface area contributed by atoms with Gasteiger partial charge in [0.2, 0.25) is 0 Å². The minimum atomic E-state index is -1.72. The molecule has 5 rings (SSSR count). The second-order valence-electron chi connectivity index (χ2n) is 14.3. The summed E-state index contributed by atoms with van der Waals surface area (Å²) < 4.78 is 23.7. The van der Waals surface area contributed by atoms with Gasteiger partial charge in [-0.15, -0.1) is 0 Å². The van der Waals surface area contributed by atoms with Gasteiger partial charge in [0.1, 0.15) is 5.82 Å². The molecule has 50 heavy (non-hydrogen) atoms.